The molecular formula is C21H17N3O2. The van der Waals surface area contributed by atoms with Crippen LogP contribution in [-0.4, -0.2) is 23.3 Å². The second-order valence-corrected chi connectivity index (χ2v) is 6.11. The average molecular weight is 343 g/mol. The number of hydrogen-bond donors (Lipinski definition) is 1. The van der Waals surface area contributed by atoms with Crippen LogP contribution in [0.25, 0.3) is 0 Å². The highest BCUT2D eigenvalue weighted by Gasteiger charge is 2.25. The van der Waals surface area contributed by atoms with E-state index in [-0.39, 0.29) is 11.8 Å². The lowest BCUT2D eigenvalue weighted by Crippen LogP contribution is -2.28. The minimum Gasteiger partial charge on any atom is -0.322 e. The van der Waals surface area contributed by atoms with Gasteiger partial charge in [-0.25, -0.2) is 0 Å². The molecule has 0 atom stereocenters. The van der Waals surface area contributed by atoms with Gasteiger partial charge in [0.25, 0.3) is 11.8 Å². The third-order valence-corrected chi connectivity index (χ3v) is 4.42. The number of rotatable bonds is 3. The molecule has 1 aliphatic heterocycles. The summed E-state index contributed by atoms with van der Waals surface area (Å²) < 4.78 is 0. The highest BCUT2D eigenvalue weighted by molar-refractivity contribution is 6.08. The van der Waals surface area contributed by atoms with Crippen molar-refractivity contribution in [3.05, 3.63) is 89.7 Å². The van der Waals surface area contributed by atoms with E-state index in [1.807, 2.05) is 48.5 Å². The number of carbonyl (C=O) groups excluding carboxylic acids is 2. The number of aromatic nitrogens is 1. The van der Waals surface area contributed by atoms with Gasteiger partial charge in [-0.15, -0.1) is 0 Å². The van der Waals surface area contributed by atoms with Crippen molar-refractivity contribution in [1.29, 1.82) is 0 Å². The zero-order chi connectivity index (χ0) is 17.9. The van der Waals surface area contributed by atoms with Crippen molar-refractivity contribution in [3.63, 3.8) is 0 Å². The van der Waals surface area contributed by atoms with Gasteiger partial charge < -0.3 is 10.2 Å². The summed E-state index contributed by atoms with van der Waals surface area (Å²) in [6.45, 7) is 0.642. The number of nitrogens with one attached hydrogen (secondary N) is 1. The van der Waals surface area contributed by atoms with E-state index in [4.69, 9.17) is 0 Å². The van der Waals surface area contributed by atoms with Gasteiger partial charge >= 0.3 is 0 Å². The first kappa shape index (κ1) is 16.0. The molecule has 0 radical (unpaired) electrons. The maximum atomic E-state index is 12.7. The van der Waals surface area contributed by atoms with Crippen molar-refractivity contribution in [2.24, 2.45) is 0 Å². The van der Waals surface area contributed by atoms with Crippen molar-refractivity contribution in [2.75, 3.05) is 16.8 Å². The molecular weight excluding hydrogens is 326 g/mol. The first-order chi connectivity index (χ1) is 12.7. The van der Waals surface area contributed by atoms with Gasteiger partial charge in [-0.2, -0.15) is 0 Å². The van der Waals surface area contributed by atoms with Crippen molar-refractivity contribution in [2.45, 2.75) is 6.42 Å². The zero-order valence-corrected chi connectivity index (χ0v) is 14.1. The van der Waals surface area contributed by atoms with Crippen molar-refractivity contribution >= 4 is 23.2 Å². The van der Waals surface area contributed by atoms with E-state index in [1.165, 1.54) is 6.20 Å². The standard InChI is InChI=1S/C21H17N3O2/c25-20(17-7-4-11-22-14-17)23-18-8-9-19-16(13-18)10-12-24(19)21(26)15-5-2-1-3-6-15/h1-9,11,13-14H,10,12H2,(H,23,25). The van der Waals surface area contributed by atoms with E-state index < -0.39 is 0 Å². The normalized spacial score (nSPS) is 12.5. The third kappa shape index (κ3) is 3.07. The summed E-state index contributed by atoms with van der Waals surface area (Å²) >= 11 is 0. The topological polar surface area (TPSA) is 62.3 Å². The molecule has 3 aromatic rings. The lowest BCUT2D eigenvalue weighted by Gasteiger charge is -2.17. The fraction of sp³-hybridized carbons (Fsp3) is 0.0952. The van der Waals surface area contributed by atoms with E-state index in [2.05, 4.69) is 10.3 Å². The summed E-state index contributed by atoms with van der Waals surface area (Å²) in [6, 6.07) is 18.4. The largest absolute Gasteiger partial charge is 0.322 e. The van der Waals surface area contributed by atoms with Crippen LogP contribution in [-0.2, 0) is 6.42 Å². The van der Waals surface area contributed by atoms with Gasteiger partial charge in [0.15, 0.2) is 0 Å². The molecule has 2 aromatic carbocycles. The number of benzene rings is 2. The number of nitrogens with zero attached hydrogens (tertiary/aromatic N) is 2. The molecule has 5 heteroatoms. The van der Waals surface area contributed by atoms with Crippen molar-refractivity contribution in [3.8, 4) is 0 Å². The van der Waals surface area contributed by atoms with Crippen molar-refractivity contribution < 1.29 is 9.59 Å². The minimum atomic E-state index is -0.201. The molecule has 0 saturated heterocycles. The van der Waals surface area contributed by atoms with E-state index in [0.717, 1.165) is 17.7 Å². The fourth-order valence-corrected chi connectivity index (χ4v) is 3.13. The summed E-state index contributed by atoms with van der Waals surface area (Å²) in [6.07, 6.45) is 3.93. The lowest BCUT2D eigenvalue weighted by atomic mass is 10.1. The summed E-state index contributed by atoms with van der Waals surface area (Å²) in [7, 11) is 0. The van der Waals surface area contributed by atoms with Gasteiger partial charge in [0.1, 0.15) is 0 Å². The molecule has 0 spiro atoms. The molecule has 128 valence electrons. The molecule has 2 amide bonds. The average Bonchev–Trinajstić information content (AvgIpc) is 3.12. The van der Waals surface area contributed by atoms with Gasteiger partial charge in [0.05, 0.1) is 5.56 Å². The Hall–Kier alpha value is -3.47. The van der Waals surface area contributed by atoms with Crippen LogP contribution >= 0.6 is 0 Å². The molecule has 1 aliphatic rings. The van der Waals surface area contributed by atoms with Crippen LogP contribution in [0.3, 0.4) is 0 Å². The highest BCUT2D eigenvalue weighted by atomic mass is 16.2. The molecule has 4 rings (SSSR count). The summed E-state index contributed by atoms with van der Waals surface area (Å²) in [5.74, 6) is -0.204. The highest BCUT2D eigenvalue weighted by Crippen LogP contribution is 2.31. The number of carbonyl (C=O) groups is 2. The van der Waals surface area contributed by atoms with Gasteiger partial charge in [-0.3, -0.25) is 14.6 Å². The molecule has 0 aliphatic carbocycles. The molecule has 1 N–H and O–H groups in total. The molecule has 0 unspecified atom stereocenters. The van der Waals surface area contributed by atoms with Crippen LogP contribution < -0.4 is 10.2 Å². The molecule has 0 bridgehead atoms. The number of fused-ring (bicyclic) bond motifs is 1. The minimum absolute atomic E-state index is 0.00324. The molecule has 5 nitrogen and oxygen atoms in total. The summed E-state index contributed by atoms with van der Waals surface area (Å²) in [5.41, 5.74) is 3.85. The molecule has 1 aromatic heterocycles. The second-order valence-electron chi connectivity index (χ2n) is 6.11. The van der Waals surface area contributed by atoms with Gasteiger partial charge in [0.2, 0.25) is 0 Å². The molecule has 0 saturated carbocycles. The van der Waals surface area contributed by atoms with Crippen LogP contribution in [0, 0.1) is 0 Å². The SMILES string of the molecule is O=C(Nc1ccc2c(c1)CCN2C(=O)c1ccccc1)c1cccnc1. The Kier molecular flexibility index (Phi) is 4.19. The quantitative estimate of drug-likeness (QED) is 0.791. The summed E-state index contributed by atoms with van der Waals surface area (Å²) in [4.78, 5) is 30.7. The molecule has 26 heavy (non-hydrogen) atoms. The first-order valence-corrected chi connectivity index (χ1v) is 8.43. The zero-order valence-electron chi connectivity index (χ0n) is 14.1. The third-order valence-electron chi connectivity index (χ3n) is 4.42. The van der Waals surface area contributed by atoms with Gasteiger partial charge in [-0.05, 0) is 54.4 Å². The van der Waals surface area contributed by atoms with Crippen LogP contribution in [0.4, 0.5) is 11.4 Å². The Morgan fingerprint density at radius 1 is 0.962 bits per heavy atom. The second kappa shape index (κ2) is 6.80. The van der Waals surface area contributed by atoms with Crippen LogP contribution in [0.1, 0.15) is 26.3 Å². The number of amides is 2. The van der Waals surface area contributed by atoms with E-state index >= 15 is 0 Å². The molecule has 0 fully saturated rings. The Balaban J connectivity index is 1.53. The van der Waals surface area contributed by atoms with Gasteiger partial charge in [-0.1, -0.05) is 18.2 Å². The first-order valence-electron chi connectivity index (χ1n) is 8.43. The number of anilines is 2. The smallest absolute Gasteiger partial charge is 0.258 e. The number of pyridine rings is 1. The molecule has 2 heterocycles. The van der Waals surface area contributed by atoms with Crippen LogP contribution in [0.2, 0.25) is 0 Å². The van der Waals surface area contributed by atoms with Crippen LogP contribution in [0.5, 0.6) is 0 Å². The Morgan fingerprint density at radius 3 is 2.54 bits per heavy atom. The monoisotopic (exact) mass is 343 g/mol. The Labute approximate surface area is 151 Å². The van der Waals surface area contributed by atoms with Crippen LogP contribution in [0.15, 0.2) is 73.1 Å². The predicted molar refractivity (Wildman–Crippen MR) is 100 cm³/mol. The van der Waals surface area contributed by atoms with Crippen molar-refractivity contribution in [1.82, 2.24) is 4.98 Å². The number of hydrogen-bond acceptors (Lipinski definition) is 3. The summed E-state index contributed by atoms with van der Waals surface area (Å²) in [5, 5.41) is 2.88. The van der Waals surface area contributed by atoms with E-state index in [0.29, 0.717) is 23.4 Å². The maximum Gasteiger partial charge on any atom is 0.258 e. The van der Waals surface area contributed by atoms with E-state index in [1.54, 1.807) is 23.2 Å². The Bertz CT molecular complexity index is 956. The predicted octanol–water partition coefficient (Wildman–Crippen LogP) is 3.54. The maximum absolute atomic E-state index is 12.7. The fourth-order valence-electron chi connectivity index (χ4n) is 3.13. The van der Waals surface area contributed by atoms with E-state index in [9.17, 15) is 9.59 Å². The Morgan fingerprint density at radius 2 is 1.77 bits per heavy atom. The lowest BCUT2D eigenvalue weighted by molar-refractivity contribution is 0.0987. The van der Waals surface area contributed by atoms with Gasteiger partial charge in [0, 0.05) is 35.9 Å².